The normalized spacial score (nSPS) is 22.9. The Hall–Kier alpha value is -3.44. The fourth-order valence-corrected chi connectivity index (χ4v) is 6.64. The molecule has 1 aliphatic heterocycles. The van der Waals surface area contributed by atoms with E-state index in [1.165, 1.54) is 6.08 Å². The maximum atomic E-state index is 14.3. The molecular weight excluding hydrogens is 590 g/mol. The number of Topliss-reactive ketones (excluding diaryl/α,β-unsaturated/α-hetero) is 1. The van der Waals surface area contributed by atoms with Gasteiger partial charge in [0.05, 0.1) is 12.1 Å². The number of hydrogen-bond donors (Lipinski definition) is 4. The Morgan fingerprint density at radius 3 is 2.26 bits per heavy atom. The topological polar surface area (TPSA) is 163 Å². The lowest BCUT2D eigenvalue weighted by Crippen LogP contribution is -2.61. The first-order valence-electron chi connectivity index (χ1n) is 17.0. The van der Waals surface area contributed by atoms with Crippen LogP contribution in [-0.2, 0) is 28.7 Å². The SMILES string of the molecule is C=CCNC(=O)C(=O)C(CCCC)NC(=O)[C@@H]1[C@H]2C[C@H]2CN1C(=O)[C@@H](NC(=O)N[C@H](C(=O)OC(C)C)C(C)(C)C)C1CCCCC1. The van der Waals surface area contributed by atoms with Gasteiger partial charge < -0.3 is 30.9 Å². The van der Waals surface area contributed by atoms with Crippen molar-refractivity contribution in [3.8, 4) is 0 Å². The van der Waals surface area contributed by atoms with Gasteiger partial charge in [-0.15, -0.1) is 6.58 Å². The minimum absolute atomic E-state index is 0.0441. The quantitative estimate of drug-likeness (QED) is 0.121. The maximum Gasteiger partial charge on any atom is 0.329 e. The number of piperidine rings is 1. The third-order valence-corrected chi connectivity index (χ3v) is 9.21. The Labute approximate surface area is 273 Å². The number of hydrogen-bond acceptors (Lipinski definition) is 7. The van der Waals surface area contributed by atoms with Crippen molar-refractivity contribution in [3.05, 3.63) is 12.7 Å². The highest BCUT2D eigenvalue weighted by Crippen LogP contribution is 2.50. The average molecular weight is 646 g/mol. The number of nitrogens with zero attached hydrogens (tertiary/aromatic N) is 1. The standard InChI is InChI=1S/C34H55N5O7/c1-8-10-16-24(27(40)30(42)35-17-9-2)36-29(41)26-23-18-22(23)19-39(26)31(43)25(21-14-12-11-13-15-21)37-33(45)38-28(34(5,6)7)32(44)46-20(3)4/h9,20-26,28H,2,8,10-19H2,1,3-7H3,(H,35,42)(H,36,41)(H2,37,38,45)/t22-,23-,24?,25-,26-,28+/m0/s1. The molecule has 6 atom stereocenters. The molecule has 12 heteroatoms. The summed E-state index contributed by atoms with van der Waals surface area (Å²) < 4.78 is 5.40. The van der Waals surface area contributed by atoms with Crippen molar-refractivity contribution in [2.24, 2.45) is 23.2 Å². The lowest BCUT2D eigenvalue weighted by molar-refractivity contribution is -0.152. The zero-order chi connectivity index (χ0) is 34.2. The molecule has 258 valence electrons. The Balaban J connectivity index is 1.80. The Kier molecular flexibility index (Phi) is 13.2. The van der Waals surface area contributed by atoms with Crippen LogP contribution < -0.4 is 21.3 Å². The molecule has 0 aromatic rings. The molecule has 3 rings (SSSR count). The van der Waals surface area contributed by atoms with Crippen LogP contribution >= 0.6 is 0 Å². The fourth-order valence-electron chi connectivity index (χ4n) is 6.64. The Morgan fingerprint density at radius 1 is 1.00 bits per heavy atom. The van der Waals surface area contributed by atoms with Crippen LogP contribution in [0.3, 0.4) is 0 Å². The molecule has 0 aromatic heterocycles. The smallest absolute Gasteiger partial charge is 0.329 e. The van der Waals surface area contributed by atoms with Crippen LogP contribution in [0.1, 0.15) is 99.3 Å². The number of ketones is 1. The first kappa shape index (κ1) is 37.0. The summed E-state index contributed by atoms with van der Waals surface area (Å²) in [5.74, 6) is -2.88. The summed E-state index contributed by atoms with van der Waals surface area (Å²) in [5, 5.41) is 10.9. The molecule has 0 spiro atoms. The molecule has 5 amide bonds. The van der Waals surface area contributed by atoms with Crippen molar-refractivity contribution in [2.45, 2.75) is 130 Å². The van der Waals surface area contributed by atoms with Crippen LogP contribution in [0.15, 0.2) is 12.7 Å². The van der Waals surface area contributed by atoms with E-state index < -0.39 is 59.2 Å². The summed E-state index contributed by atoms with van der Waals surface area (Å²) in [5.41, 5.74) is -0.651. The van der Waals surface area contributed by atoms with Gasteiger partial charge in [-0.25, -0.2) is 9.59 Å². The van der Waals surface area contributed by atoms with Crippen molar-refractivity contribution >= 4 is 35.5 Å². The van der Waals surface area contributed by atoms with Crippen LogP contribution in [0.5, 0.6) is 0 Å². The highest BCUT2D eigenvalue weighted by atomic mass is 16.5. The molecule has 46 heavy (non-hydrogen) atoms. The maximum absolute atomic E-state index is 14.3. The van der Waals surface area contributed by atoms with E-state index in [1.54, 1.807) is 18.7 Å². The number of esters is 1. The molecule has 0 aromatic carbocycles. The minimum Gasteiger partial charge on any atom is -0.461 e. The highest BCUT2D eigenvalue weighted by Gasteiger charge is 2.58. The number of carbonyl (C=O) groups excluding carboxylic acids is 6. The molecular formula is C34H55N5O7. The van der Waals surface area contributed by atoms with Gasteiger partial charge in [-0.05, 0) is 62.7 Å². The Morgan fingerprint density at radius 2 is 1.67 bits per heavy atom. The summed E-state index contributed by atoms with van der Waals surface area (Å²) in [4.78, 5) is 81.4. The molecule has 1 unspecified atom stereocenters. The van der Waals surface area contributed by atoms with E-state index in [0.717, 1.165) is 44.9 Å². The predicted octanol–water partition coefficient (Wildman–Crippen LogP) is 2.99. The van der Waals surface area contributed by atoms with E-state index in [2.05, 4.69) is 27.8 Å². The van der Waals surface area contributed by atoms with Gasteiger partial charge >= 0.3 is 12.0 Å². The second-order valence-corrected chi connectivity index (χ2v) is 14.4. The van der Waals surface area contributed by atoms with Crippen molar-refractivity contribution in [2.75, 3.05) is 13.1 Å². The fraction of sp³-hybridized carbons (Fsp3) is 0.765. The highest BCUT2D eigenvalue weighted by molar-refractivity contribution is 6.38. The van der Waals surface area contributed by atoms with Gasteiger partial charge in [0.25, 0.3) is 5.91 Å². The van der Waals surface area contributed by atoms with E-state index in [9.17, 15) is 28.8 Å². The van der Waals surface area contributed by atoms with Gasteiger partial charge in [-0.2, -0.15) is 0 Å². The summed E-state index contributed by atoms with van der Waals surface area (Å²) in [6.07, 6.45) is 8.01. The number of ether oxygens (including phenoxy) is 1. The number of nitrogens with one attached hydrogen (secondary N) is 4. The van der Waals surface area contributed by atoms with Crippen molar-refractivity contribution in [3.63, 3.8) is 0 Å². The molecule has 2 aliphatic carbocycles. The number of rotatable bonds is 15. The summed E-state index contributed by atoms with van der Waals surface area (Å²) >= 11 is 0. The number of carbonyl (C=O) groups is 6. The van der Waals surface area contributed by atoms with Crippen LogP contribution in [0.25, 0.3) is 0 Å². The van der Waals surface area contributed by atoms with Crippen LogP contribution in [0, 0.1) is 23.2 Å². The number of unbranched alkanes of at least 4 members (excludes halogenated alkanes) is 1. The van der Waals surface area contributed by atoms with Crippen LogP contribution in [-0.4, -0.2) is 83.8 Å². The molecule has 1 heterocycles. The lowest BCUT2D eigenvalue weighted by Gasteiger charge is -2.36. The van der Waals surface area contributed by atoms with Gasteiger partial charge in [-0.3, -0.25) is 19.2 Å². The number of amides is 5. The lowest BCUT2D eigenvalue weighted by atomic mass is 9.83. The van der Waals surface area contributed by atoms with Gasteiger partial charge in [0.2, 0.25) is 17.6 Å². The summed E-state index contributed by atoms with van der Waals surface area (Å²) in [6.45, 7) is 15.0. The molecule has 0 bridgehead atoms. The zero-order valence-electron chi connectivity index (χ0n) is 28.5. The molecule has 3 aliphatic rings. The van der Waals surface area contributed by atoms with Gasteiger partial charge in [0.1, 0.15) is 18.1 Å². The van der Waals surface area contributed by atoms with E-state index in [1.807, 2.05) is 27.7 Å². The van der Waals surface area contributed by atoms with Gasteiger partial charge in [0.15, 0.2) is 0 Å². The second kappa shape index (κ2) is 16.4. The second-order valence-electron chi connectivity index (χ2n) is 14.4. The van der Waals surface area contributed by atoms with Gasteiger partial charge in [-0.1, -0.05) is 65.9 Å². The summed E-state index contributed by atoms with van der Waals surface area (Å²) in [7, 11) is 0. The molecule has 4 N–H and O–H groups in total. The first-order valence-corrected chi connectivity index (χ1v) is 17.0. The molecule has 12 nitrogen and oxygen atoms in total. The van der Waals surface area contributed by atoms with E-state index in [0.29, 0.717) is 19.4 Å². The average Bonchev–Trinajstić information content (AvgIpc) is 3.66. The van der Waals surface area contributed by atoms with Crippen molar-refractivity contribution < 1.29 is 33.5 Å². The van der Waals surface area contributed by atoms with E-state index >= 15 is 0 Å². The predicted molar refractivity (Wildman–Crippen MR) is 173 cm³/mol. The number of fused-ring (bicyclic) bond motifs is 1. The zero-order valence-corrected chi connectivity index (χ0v) is 28.5. The molecule has 0 radical (unpaired) electrons. The largest absolute Gasteiger partial charge is 0.461 e. The number of urea groups is 1. The monoisotopic (exact) mass is 645 g/mol. The minimum atomic E-state index is -1.01. The number of likely N-dealkylation sites (tertiary alicyclic amines) is 1. The molecule has 2 saturated carbocycles. The van der Waals surface area contributed by atoms with E-state index in [-0.39, 0.29) is 36.3 Å². The van der Waals surface area contributed by atoms with Crippen LogP contribution in [0.2, 0.25) is 0 Å². The first-order chi connectivity index (χ1) is 21.7. The third kappa shape index (κ3) is 9.78. The Bertz CT molecular complexity index is 1140. The third-order valence-electron chi connectivity index (χ3n) is 9.21. The molecule has 1 saturated heterocycles. The van der Waals surface area contributed by atoms with E-state index in [4.69, 9.17) is 4.74 Å². The van der Waals surface area contributed by atoms with Crippen LogP contribution in [0.4, 0.5) is 4.79 Å². The molecule has 3 fully saturated rings. The van der Waals surface area contributed by atoms with Crippen molar-refractivity contribution in [1.29, 1.82) is 0 Å². The summed E-state index contributed by atoms with van der Waals surface area (Å²) in [6, 6.07) is -4.30. The van der Waals surface area contributed by atoms with Gasteiger partial charge in [0, 0.05) is 13.1 Å². The van der Waals surface area contributed by atoms with Crippen molar-refractivity contribution in [1.82, 2.24) is 26.2 Å².